The summed E-state index contributed by atoms with van der Waals surface area (Å²) in [6, 6.07) is 10.8. The number of rotatable bonds is 4. The number of nitro groups is 1. The zero-order valence-electron chi connectivity index (χ0n) is 17.3. The average molecular weight is 440 g/mol. The number of non-ortho nitro benzene ring substituents is 1. The number of carbonyl (C=O) groups is 2. The van der Waals surface area contributed by atoms with Crippen LogP contribution in [0.15, 0.2) is 48.2 Å². The van der Waals surface area contributed by atoms with Crippen molar-refractivity contribution in [3.63, 3.8) is 0 Å². The van der Waals surface area contributed by atoms with E-state index in [4.69, 9.17) is 11.6 Å². The molecule has 0 atom stereocenters. The highest BCUT2D eigenvalue weighted by Crippen LogP contribution is 2.37. The molecule has 1 saturated heterocycles. The van der Waals surface area contributed by atoms with E-state index in [1.165, 1.54) is 24.3 Å². The molecule has 2 aliphatic rings. The number of likely N-dealkylation sites (tertiary alicyclic amines) is 1. The third kappa shape index (κ3) is 3.81. The standard InChI is InChI=1S/C23H22ClN3O4/c1-14-9-11-25(12-10-14)21-20(16-4-7-17(8-5-16)27(30)31)22(28)26(23(21)29)18-6-3-15(2)19(24)13-18/h3-8,13-14H,9-12H2,1-2H3. The van der Waals surface area contributed by atoms with Gasteiger partial charge in [-0.15, -0.1) is 0 Å². The van der Waals surface area contributed by atoms with E-state index in [2.05, 4.69) is 6.92 Å². The maximum absolute atomic E-state index is 13.5. The van der Waals surface area contributed by atoms with Gasteiger partial charge in [-0.3, -0.25) is 19.7 Å². The molecule has 0 spiro atoms. The van der Waals surface area contributed by atoms with Crippen molar-refractivity contribution < 1.29 is 14.5 Å². The van der Waals surface area contributed by atoms with Crippen molar-refractivity contribution in [2.75, 3.05) is 18.0 Å². The fourth-order valence-electron chi connectivity index (χ4n) is 4.01. The van der Waals surface area contributed by atoms with Crippen molar-refractivity contribution >= 4 is 40.4 Å². The number of anilines is 1. The van der Waals surface area contributed by atoms with E-state index in [1.54, 1.807) is 18.2 Å². The van der Waals surface area contributed by atoms with Gasteiger partial charge in [-0.25, -0.2) is 4.90 Å². The van der Waals surface area contributed by atoms with Crippen LogP contribution < -0.4 is 4.90 Å². The van der Waals surface area contributed by atoms with E-state index in [0.717, 1.165) is 23.3 Å². The second-order valence-electron chi connectivity index (χ2n) is 8.08. The average Bonchev–Trinajstić information content (AvgIpc) is 3.01. The van der Waals surface area contributed by atoms with Crippen LogP contribution in [0.5, 0.6) is 0 Å². The molecular formula is C23H22ClN3O4. The summed E-state index contributed by atoms with van der Waals surface area (Å²) >= 11 is 6.25. The molecule has 7 nitrogen and oxygen atoms in total. The van der Waals surface area contributed by atoms with Gasteiger partial charge in [0.05, 0.1) is 16.2 Å². The Morgan fingerprint density at radius 2 is 1.68 bits per heavy atom. The first-order valence-corrected chi connectivity index (χ1v) is 10.5. The Balaban J connectivity index is 1.80. The normalized spacial score (nSPS) is 17.6. The number of hydrogen-bond donors (Lipinski definition) is 0. The van der Waals surface area contributed by atoms with Crippen LogP contribution in [-0.4, -0.2) is 34.7 Å². The topological polar surface area (TPSA) is 83.8 Å². The number of aryl methyl sites for hydroxylation is 1. The van der Waals surface area contributed by atoms with Crippen molar-refractivity contribution in [2.24, 2.45) is 5.92 Å². The lowest BCUT2D eigenvalue weighted by atomic mass is 9.97. The first-order chi connectivity index (χ1) is 14.8. The van der Waals surface area contributed by atoms with E-state index < -0.39 is 16.7 Å². The number of benzene rings is 2. The molecule has 0 unspecified atom stereocenters. The lowest BCUT2D eigenvalue weighted by molar-refractivity contribution is -0.384. The Morgan fingerprint density at radius 1 is 1.03 bits per heavy atom. The van der Waals surface area contributed by atoms with Crippen LogP contribution >= 0.6 is 11.6 Å². The smallest absolute Gasteiger partial charge is 0.282 e. The summed E-state index contributed by atoms with van der Waals surface area (Å²) in [4.78, 5) is 40.7. The van der Waals surface area contributed by atoms with Gasteiger partial charge < -0.3 is 4.90 Å². The summed E-state index contributed by atoms with van der Waals surface area (Å²) in [6.07, 6.45) is 1.85. The van der Waals surface area contributed by atoms with Crippen molar-refractivity contribution in [1.82, 2.24) is 4.90 Å². The van der Waals surface area contributed by atoms with Crippen LogP contribution in [0, 0.1) is 23.0 Å². The summed E-state index contributed by atoms with van der Waals surface area (Å²) in [7, 11) is 0. The molecule has 1 fully saturated rings. The summed E-state index contributed by atoms with van der Waals surface area (Å²) in [6.45, 7) is 5.37. The molecule has 0 bridgehead atoms. The summed E-state index contributed by atoms with van der Waals surface area (Å²) in [5, 5.41) is 11.5. The quantitative estimate of drug-likeness (QED) is 0.395. The SMILES string of the molecule is Cc1ccc(N2C(=O)C(c3ccc([N+](=O)[O-])cc3)=C(N3CCC(C)CC3)C2=O)cc1Cl. The van der Waals surface area contributed by atoms with Crippen LogP contribution in [0.1, 0.15) is 30.9 Å². The molecule has 2 aliphatic heterocycles. The lowest BCUT2D eigenvalue weighted by Crippen LogP contribution is -2.38. The highest BCUT2D eigenvalue weighted by molar-refractivity contribution is 6.45. The number of carbonyl (C=O) groups excluding carboxylic acids is 2. The summed E-state index contributed by atoms with van der Waals surface area (Å²) in [5.74, 6) is -0.292. The molecular weight excluding hydrogens is 418 g/mol. The molecule has 4 rings (SSSR count). The molecule has 2 aromatic rings. The Labute approximate surface area is 185 Å². The van der Waals surface area contributed by atoms with Gasteiger partial charge in [-0.05, 0) is 61.1 Å². The molecule has 0 aliphatic carbocycles. The molecule has 160 valence electrons. The van der Waals surface area contributed by atoms with Gasteiger partial charge in [0.1, 0.15) is 5.70 Å². The van der Waals surface area contributed by atoms with Crippen molar-refractivity contribution in [1.29, 1.82) is 0 Å². The number of halogens is 1. The van der Waals surface area contributed by atoms with Crippen LogP contribution in [0.25, 0.3) is 5.57 Å². The largest absolute Gasteiger partial charge is 0.366 e. The fourth-order valence-corrected chi connectivity index (χ4v) is 4.18. The van der Waals surface area contributed by atoms with E-state index in [-0.39, 0.29) is 11.3 Å². The third-order valence-electron chi connectivity index (χ3n) is 5.94. The summed E-state index contributed by atoms with van der Waals surface area (Å²) < 4.78 is 0. The number of amides is 2. The van der Waals surface area contributed by atoms with Gasteiger partial charge in [0.25, 0.3) is 17.5 Å². The molecule has 0 saturated carbocycles. The first kappa shape index (κ1) is 21.1. The second kappa shape index (κ2) is 8.15. The fraction of sp³-hybridized carbons (Fsp3) is 0.304. The molecule has 0 radical (unpaired) electrons. The van der Waals surface area contributed by atoms with E-state index in [0.29, 0.717) is 41.0 Å². The predicted octanol–water partition coefficient (Wildman–Crippen LogP) is 4.57. The van der Waals surface area contributed by atoms with Gasteiger partial charge in [-0.1, -0.05) is 24.6 Å². The molecule has 0 aromatic heterocycles. The van der Waals surface area contributed by atoms with Crippen LogP contribution in [0.2, 0.25) is 5.02 Å². The minimum atomic E-state index is -0.493. The van der Waals surface area contributed by atoms with Crippen molar-refractivity contribution in [2.45, 2.75) is 26.7 Å². The van der Waals surface area contributed by atoms with Crippen LogP contribution in [-0.2, 0) is 9.59 Å². The lowest BCUT2D eigenvalue weighted by Gasteiger charge is -2.32. The molecule has 31 heavy (non-hydrogen) atoms. The molecule has 8 heteroatoms. The van der Waals surface area contributed by atoms with Crippen LogP contribution in [0.3, 0.4) is 0 Å². The maximum Gasteiger partial charge on any atom is 0.282 e. The monoisotopic (exact) mass is 439 g/mol. The maximum atomic E-state index is 13.5. The Bertz CT molecular complexity index is 1100. The van der Waals surface area contributed by atoms with Crippen molar-refractivity contribution in [3.05, 3.63) is 74.4 Å². The summed E-state index contributed by atoms with van der Waals surface area (Å²) in [5.41, 5.74) is 2.28. The second-order valence-corrected chi connectivity index (χ2v) is 8.48. The number of hydrogen-bond acceptors (Lipinski definition) is 5. The highest BCUT2D eigenvalue weighted by atomic mass is 35.5. The van der Waals surface area contributed by atoms with Gasteiger partial charge in [0, 0.05) is 30.2 Å². The zero-order valence-corrected chi connectivity index (χ0v) is 18.1. The number of piperidine rings is 1. The Hall–Kier alpha value is -3.19. The third-order valence-corrected chi connectivity index (χ3v) is 6.35. The minimum Gasteiger partial charge on any atom is -0.366 e. The van der Waals surface area contributed by atoms with Gasteiger partial charge >= 0.3 is 0 Å². The molecule has 2 heterocycles. The molecule has 2 aromatic carbocycles. The predicted molar refractivity (Wildman–Crippen MR) is 119 cm³/mol. The van der Waals surface area contributed by atoms with Gasteiger partial charge in [-0.2, -0.15) is 0 Å². The Kier molecular flexibility index (Phi) is 5.54. The van der Waals surface area contributed by atoms with E-state index in [1.807, 2.05) is 11.8 Å². The van der Waals surface area contributed by atoms with Gasteiger partial charge in [0.2, 0.25) is 0 Å². The van der Waals surface area contributed by atoms with Crippen molar-refractivity contribution in [3.8, 4) is 0 Å². The van der Waals surface area contributed by atoms with Crippen LogP contribution in [0.4, 0.5) is 11.4 Å². The highest BCUT2D eigenvalue weighted by Gasteiger charge is 2.43. The number of nitrogens with zero attached hydrogens (tertiary/aromatic N) is 3. The number of imide groups is 1. The molecule has 0 N–H and O–H groups in total. The van der Waals surface area contributed by atoms with Gasteiger partial charge in [0.15, 0.2) is 0 Å². The van der Waals surface area contributed by atoms with E-state index in [9.17, 15) is 19.7 Å². The first-order valence-electron chi connectivity index (χ1n) is 10.2. The minimum absolute atomic E-state index is 0.0726. The number of nitro benzene ring substituents is 1. The zero-order chi connectivity index (χ0) is 22.3. The Morgan fingerprint density at radius 3 is 2.26 bits per heavy atom. The molecule has 2 amide bonds. The van der Waals surface area contributed by atoms with E-state index >= 15 is 0 Å².